The number of benzene rings is 1. The molecule has 1 heterocycles. The van der Waals surface area contributed by atoms with Crippen LogP contribution in [0.15, 0.2) is 12.1 Å². The zero-order valence-corrected chi connectivity index (χ0v) is 18.5. The SMILES string of the molecule is Cc1c(CC(=O)N2CCC(CS(=O)(=O)C(C)(C)C)CC2)ccc(C(F)(F)F)c1C. The Morgan fingerprint density at radius 2 is 1.62 bits per heavy atom. The van der Waals surface area contributed by atoms with Crippen molar-refractivity contribution in [1.82, 2.24) is 4.90 Å². The molecule has 0 atom stereocenters. The van der Waals surface area contributed by atoms with Gasteiger partial charge in [-0.1, -0.05) is 6.07 Å². The lowest BCUT2D eigenvalue weighted by atomic mass is 9.94. The number of carbonyl (C=O) groups excluding carboxylic acids is 1. The maximum atomic E-state index is 13.0. The lowest BCUT2D eigenvalue weighted by Crippen LogP contribution is -2.42. The van der Waals surface area contributed by atoms with Gasteiger partial charge in [-0.3, -0.25) is 4.79 Å². The number of nitrogens with zero attached hydrogens (tertiary/aromatic N) is 1. The van der Waals surface area contributed by atoms with Crippen molar-refractivity contribution in [2.75, 3.05) is 18.8 Å². The number of amides is 1. The van der Waals surface area contributed by atoms with Gasteiger partial charge in [-0.25, -0.2) is 8.42 Å². The molecule has 164 valence electrons. The van der Waals surface area contributed by atoms with Gasteiger partial charge in [-0.2, -0.15) is 13.2 Å². The summed E-state index contributed by atoms with van der Waals surface area (Å²) in [6.07, 6.45) is -3.12. The highest BCUT2D eigenvalue weighted by Crippen LogP contribution is 2.34. The first-order chi connectivity index (χ1) is 13.1. The van der Waals surface area contributed by atoms with Gasteiger partial charge in [-0.15, -0.1) is 0 Å². The molecule has 0 radical (unpaired) electrons. The third kappa shape index (κ3) is 5.53. The molecule has 1 fully saturated rings. The Hall–Kier alpha value is -1.57. The Morgan fingerprint density at radius 3 is 2.10 bits per heavy atom. The number of carbonyl (C=O) groups is 1. The summed E-state index contributed by atoms with van der Waals surface area (Å²) in [4.78, 5) is 14.3. The third-order valence-electron chi connectivity index (χ3n) is 5.90. The molecule has 2 rings (SSSR count). The number of rotatable bonds is 4. The molecular weight excluding hydrogens is 403 g/mol. The van der Waals surface area contributed by atoms with Crippen LogP contribution in [0.25, 0.3) is 0 Å². The van der Waals surface area contributed by atoms with Crippen LogP contribution >= 0.6 is 0 Å². The molecule has 0 unspecified atom stereocenters. The van der Waals surface area contributed by atoms with Crippen molar-refractivity contribution < 1.29 is 26.4 Å². The molecule has 0 bridgehead atoms. The van der Waals surface area contributed by atoms with Crippen molar-refractivity contribution >= 4 is 15.7 Å². The van der Waals surface area contributed by atoms with Crippen molar-refractivity contribution in [1.29, 1.82) is 0 Å². The molecule has 1 amide bonds. The van der Waals surface area contributed by atoms with Crippen molar-refractivity contribution in [3.63, 3.8) is 0 Å². The number of alkyl halides is 3. The summed E-state index contributed by atoms with van der Waals surface area (Å²) in [6, 6.07) is 2.42. The number of halogens is 3. The van der Waals surface area contributed by atoms with Crippen LogP contribution in [-0.4, -0.2) is 42.8 Å². The number of piperidine rings is 1. The Labute approximate surface area is 171 Å². The summed E-state index contributed by atoms with van der Waals surface area (Å²) >= 11 is 0. The third-order valence-corrected chi connectivity index (χ3v) is 8.68. The second-order valence-corrected chi connectivity index (χ2v) is 11.7. The summed E-state index contributed by atoms with van der Waals surface area (Å²) in [5.74, 6) is 0.0122. The fourth-order valence-electron chi connectivity index (χ4n) is 3.56. The Bertz CT molecular complexity index is 862. The summed E-state index contributed by atoms with van der Waals surface area (Å²) in [6.45, 7) is 9.05. The summed E-state index contributed by atoms with van der Waals surface area (Å²) < 4.78 is 63.0. The van der Waals surface area contributed by atoms with E-state index >= 15 is 0 Å². The van der Waals surface area contributed by atoms with Crippen LogP contribution in [0.5, 0.6) is 0 Å². The molecule has 4 nitrogen and oxygen atoms in total. The number of sulfone groups is 1. The van der Waals surface area contributed by atoms with Crippen molar-refractivity contribution in [3.8, 4) is 0 Å². The van der Waals surface area contributed by atoms with E-state index in [2.05, 4.69) is 0 Å². The van der Waals surface area contributed by atoms with Crippen molar-refractivity contribution in [3.05, 3.63) is 34.4 Å². The van der Waals surface area contributed by atoms with E-state index in [0.29, 0.717) is 37.1 Å². The van der Waals surface area contributed by atoms with Gasteiger partial charge in [0.2, 0.25) is 5.91 Å². The highest BCUT2D eigenvalue weighted by atomic mass is 32.2. The van der Waals surface area contributed by atoms with E-state index in [-0.39, 0.29) is 29.6 Å². The first-order valence-electron chi connectivity index (χ1n) is 9.80. The lowest BCUT2D eigenvalue weighted by molar-refractivity contribution is -0.138. The predicted octanol–water partition coefficient (Wildman–Crippen LogP) is 4.32. The minimum atomic E-state index is -4.41. The van der Waals surface area contributed by atoms with Crippen LogP contribution in [-0.2, 0) is 27.2 Å². The van der Waals surface area contributed by atoms with E-state index in [1.165, 1.54) is 13.0 Å². The van der Waals surface area contributed by atoms with E-state index in [9.17, 15) is 26.4 Å². The lowest BCUT2D eigenvalue weighted by Gasteiger charge is -2.33. The van der Waals surface area contributed by atoms with E-state index in [1.54, 1.807) is 32.6 Å². The van der Waals surface area contributed by atoms with Crippen molar-refractivity contribution in [2.24, 2.45) is 5.92 Å². The van der Waals surface area contributed by atoms with Crippen LogP contribution in [0, 0.1) is 19.8 Å². The van der Waals surface area contributed by atoms with E-state index < -0.39 is 26.3 Å². The quantitative estimate of drug-likeness (QED) is 0.711. The van der Waals surface area contributed by atoms with Gasteiger partial charge in [-0.05, 0) is 76.1 Å². The normalized spacial score (nSPS) is 16.9. The molecule has 1 aromatic carbocycles. The Morgan fingerprint density at radius 1 is 1.07 bits per heavy atom. The van der Waals surface area contributed by atoms with Gasteiger partial charge in [0.25, 0.3) is 0 Å². The second-order valence-electron chi connectivity index (χ2n) is 8.91. The van der Waals surface area contributed by atoms with Gasteiger partial charge < -0.3 is 4.90 Å². The molecule has 1 saturated heterocycles. The first-order valence-corrected chi connectivity index (χ1v) is 11.4. The van der Waals surface area contributed by atoms with E-state index in [4.69, 9.17) is 0 Å². The molecule has 0 aromatic heterocycles. The van der Waals surface area contributed by atoms with Crippen LogP contribution in [0.3, 0.4) is 0 Å². The molecule has 0 aliphatic carbocycles. The molecule has 0 saturated carbocycles. The number of hydrogen-bond acceptors (Lipinski definition) is 3. The smallest absolute Gasteiger partial charge is 0.342 e. The molecular formula is C21H30F3NO3S. The molecule has 0 N–H and O–H groups in total. The van der Waals surface area contributed by atoms with Crippen LogP contribution in [0.4, 0.5) is 13.2 Å². The van der Waals surface area contributed by atoms with Crippen LogP contribution in [0.2, 0.25) is 0 Å². The second kappa shape index (κ2) is 8.28. The van der Waals surface area contributed by atoms with E-state index in [1.807, 2.05) is 0 Å². The van der Waals surface area contributed by atoms with Gasteiger partial charge >= 0.3 is 6.18 Å². The minimum absolute atomic E-state index is 0.0262. The summed E-state index contributed by atoms with van der Waals surface area (Å²) in [7, 11) is -3.21. The highest BCUT2D eigenvalue weighted by molar-refractivity contribution is 7.92. The molecule has 29 heavy (non-hydrogen) atoms. The van der Waals surface area contributed by atoms with Gasteiger partial charge in [0.05, 0.1) is 22.5 Å². The fraction of sp³-hybridized carbons (Fsp3) is 0.667. The molecule has 1 aliphatic heterocycles. The Kier molecular flexibility index (Phi) is 6.77. The molecule has 1 aliphatic rings. The maximum Gasteiger partial charge on any atom is 0.416 e. The van der Waals surface area contributed by atoms with Crippen molar-refractivity contribution in [2.45, 2.75) is 64.8 Å². The van der Waals surface area contributed by atoms with Gasteiger partial charge in [0.15, 0.2) is 9.84 Å². The van der Waals surface area contributed by atoms with Crippen LogP contribution in [0.1, 0.15) is 55.9 Å². The zero-order chi connectivity index (χ0) is 22.2. The largest absolute Gasteiger partial charge is 0.416 e. The van der Waals surface area contributed by atoms with Gasteiger partial charge in [0, 0.05) is 13.1 Å². The van der Waals surface area contributed by atoms with Crippen LogP contribution < -0.4 is 0 Å². The summed E-state index contributed by atoms with van der Waals surface area (Å²) in [5, 5.41) is 0. The summed E-state index contributed by atoms with van der Waals surface area (Å²) in [5.41, 5.74) is 0.554. The zero-order valence-electron chi connectivity index (χ0n) is 17.7. The maximum absolute atomic E-state index is 13.0. The average molecular weight is 434 g/mol. The predicted molar refractivity (Wildman–Crippen MR) is 107 cm³/mol. The minimum Gasteiger partial charge on any atom is -0.342 e. The fourth-order valence-corrected chi connectivity index (χ4v) is 5.01. The standard InChI is InChI=1S/C21H30F3NO3S/c1-14-15(2)18(21(22,23)24)7-6-17(14)12-19(26)25-10-8-16(9-11-25)13-29(27,28)20(3,4)5/h6-7,16H,8-13H2,1-5H3. The molecule has 1 aromatic rings. The average Bonchev–Trinajstić information content (AvgIpc) is 2.57. The van der Waals surface area contributed by atoms with Gasteiger partial charge in [0.1, 0.15) is 0 Å². The van der Waals surface area contributed by atoms with E-state index in [0.717, 1.165) is 6.07 Å². The monoisotopic (exact) mass is 433 g/mol. The topological polar surface area (TPSA) is 54.5 Å². The number of likely N-dealkylation sites (tertiary alicyclic amines) is 1. The highest BCUT2D eigenvalue weighted by Gasteiger charge is 2.35. The number of hydrogen-bond donors (Lipinski definition) is 0. The molecule has 0 spiro atoms. The Balaban J connectivity index is 2.00. The molecule has 8 heteroatoms. The first kappa shape index (κ1) is 23.7.